The van der Waals surface area contributed by atoms with Gasteiger partial charge in [-0.1, -0.05) is 25.5 Å². The molecule has 5 saturated heterocycles. The van der Waals surface area contributed by atoms with Gasteiger partial charge in [-0.3, -0.25) is 14.4 Å². The SMILES string of the molecule is CO[C@H]1[C@@H](O)[C@H](O[C@@H]2[C@@H](C)O[C@@H](O[C@H]3[C@@H](OC)C[C@H](O[C@H]4[C@@H](OC)C[C@H](O[C@H]5CC[C@@]6(C)C(=CC[C@]7(O)[C@@H]6[C@H](OC(C)=O)[C@@H](OC(C)=O)[C@]6(C)[C@@H](C(C)=O)CC[C@@]67O)C5)O[C@@H]4C)O[C@@H]3C)C[C@H]2OC)O[C@H](C)[C@H]1O[C@@H]1O[C@H](CO)[C@@H](O)[C@H](O)[C@H]1O. The summed E-state index contributed by atoms with van der Waals surface area (Å²) in [5.74, 6) is -3.19. The lowest BCUT2D eigenvalue weighted by Crippen LogP contribution is -2.80. The van der Waals surface area contributed by atoms with Crippen LogP contribution >= 0.6 is 0 Å². The molecule has 3 saturated carbocycles. The van der Waals surface area contributed by atoms with E-state index in [1.807, 2.05) is 26.8 Å². The fourth-order valence-corrected chi connectivity index (χ4v) is 16.3. The number of aliphatic hydroxyl groups is 7. The van der Waals surface area contributed by atoms with Gasteiger partial charge in [-0.25, -0.2) is 0 Å². The van der Waals surface area contributed by atoms with Crippen LogP contribution in [0.25, 0.3) is 0 Å². The van der Waals surface area contributed by atoms with E-state index in [-0.39, 0.29) is 44.0 Å². The van der Waals surface area contributed by atoms with Crippen LogP contribution in [-0.4, -0.2) is 253 Å². The van der Waals surface area contributed by atoms with Crippen molar-refractivity contribution in [2.75, 3.05) is 35.0 Å². The molecule has 9 aliphatic rings. The normalized spacial score (nSPS) is 50.9. The Morgan fingerprint density at radius 1 is 0.576 bits per heavy atom. The lowest BCUT2D eigenvalue weighted by Gasteiger charge is -2.68. The first-order valence-electron chi connectivity index (χ1n) is 30.1. The van der Waals surface area contributed by atoms with Crippen LogP contribution in [0.5, 0.6) is 0 Å². The minimum atomic E-state index is -1.87. The third kappa shape index (κ3) is 12.2. The van der Waals surface area contributed by atoms with Crippen LogP contribution in [0.15, 0.2) is 11.6 Å². The molecule has 8 fully saturated rings. The summed E-state index contributed by atoms with van der Waals surface area (Å²) in [6.07, 6.45) is -19.0. The molecule has 0 aromatic rings. The second-order valence-corrected chi connectivity index (χ2v) is 25.5. The summed E-state index contributed by atoms with van der Waals surface area (Å²) < 4.78 is 99.3. The minimum absolute atomic E-state index is 0.0112. The van der Waals surface area contributed by atoms with Crippen LogP contribution in [-0.2, 0) is 90.2 Å². The quantitative estimate of drug-likeness (QED) is 0.0736. The predicted octanol–water partition coefficient (Wildman–Crippen LogP) is 0.764. The van der Waals surface area contributed by atoms with Crippen LogP contribution in [0.4, 0.5) is 0 Å². The number of rotatable bonds is 18. The molecule has 0 amide bonds. The minimum Gasteiger partial charge on any atom is -0.458 e. The van der Waals surface area contributed by atoms with Gasteiger partial charge in [0.25, 0.3) is 0 Å². The van der Waals surface area contributed by atoms with Crippen LogP contribution in [0.1, 0.15) is 120 Å². The molecule has 31 atom stereocenters. The van der Waals surface area contributed by atoms with E-state index in [2.05, 4.69) is 0 Å². The van der Waals surface area contributed by atoms with Crippen LogP contribution in [0, 0.1) is 22.7 Å². The van der Waals surface area contributed by atoms with Crippen molar-refractivity contribution < 1.29 is 126 Å². The first-order chi connectivity index (χ1) is 40.1. The molecule has 0 bridgehead atoms. The molecule has 0 aromatic carbocycles. The van der Waals surface area contributed by atoms with Crippen molar-refractivity contribution in [2.24, 2.45) is 22.7 Å². The number of carbonyl (C=O) groups excluding carboxylic acids is 3. The molecule has 4 aliphatic carbocycles. The summed E-state index contributed by atoms with van der Waals surface area (Å²) in [7, 11) is 6.07. The van der Waals surface area contributed by atoms with E-state index in [0.29, 0.717) is 25.7 Å². The summed E-state index contributed by atoms with van der Waals surface area (Å²) >= 11 is 0. The largest absolute Gasteiger partial charge is 0.458 e. The number of hydrogen-bond donors (Lipinski definition) is 7. The Labute approximate surface area is 496 Å². The molecular weight excluding hydrogens is 1120 g/mol. The fourth-order valence-electron chi connectivity index (χ4n) is 16.3. The summed E-state index contributed by atoms with van der Waals surface area (Å²) in [5.41, 5.74) is -5.08. The molecule has 5 aliphatic heterocycles. The average molecular weight is 1220 g/mol. The summed E-state index contributed by atoms with van der Waals surface area (Å²) in [5, 5.41) is 78.4. The highest BCUT2D eigenvalue weighted by Gasteiger charge is 2.81. The number of ether oxygens (including phenoxy) is 16. The van der Waals surface area contributed by atoms with E-state index in [1.165, 1.54) is 35.0 Å². The molecule has 85 heavy (non-hydrogen) atoms. The molecule has 7 N–H and O–H groups in total. The van der Waals surface area contributed by atoms with E-state index in [1.54, 1.807) is 35.0 Å². The van der Waals surface area contributed by atoms with E-state index in [9.17, 15) is 50.1 Å². The number of aliphatic hydroxyl groups excluding tert-OH is 5. The first-order valence-corrected chi connectivity index (χ1v) is 30.1. The van der Waals surface area contributed by atoms with Gasteiger partial charge in [-0.2, -0.15) is 0 Å². The van der Waals surface area contributed by atoms with Crippen LogP contribution in [0.2, 0.25) is 0 Å². The van der Waals surface area contributed by atoms with Crippen molar-refractivity contribution in [3.63, 3.8) is 0 Å². The number of methoxy groups -OCH3 is 4. The van der Waals surface area contributed by atoms with Gasteiger partial charge in [0.1, 0.15) is 90.2 Å². The number of esters is 2. The van der Waals surface area contributed by atoms with Crippen molar-refractivity contribution in [3.05, 3.63) is 11.6 Å². The zero-order valence-corrected chi connectivity index (χ0v) is 51.1. The Morgan fingerprint density at radius 2 is 1.08 bits per heavy atom. The smallest absolute Gasteiger partial charge is 0.303 e. The molecular formula is C59H94O26. The summed E-state index contributed by atoms with van der Waals surface area (Å²) in [6.45, 7) is 14.1. The first kappa shape index (κ1) is 66.9. The highest BCUT2D eigenvalue weighted by Crippen LogP contribution is 2.70. The Balaban J connectivity index is 0.791. The number of carbonyl (C=O) groups is 3. The second-order valence-electron chi connectivity index (χ2n) is 25.5. The monoisotopic (exact) mass is 1220 g/mol. The Kier molecular flexibility index (Phi) is 20.8. The maximum atomic E-state index is 13.2. The molecule has 0 radical (unpaired) electrons. The maximum absolute atomic E-state index is 13.2. The zero-order chi connectivity index (χ0) is 62.0. The number of fused-ring (bicyclic) bond motifs is 5. The van der Waals surface area contributed by atoms with Crippen molar-refractivity contribution in [1.82, 2.24) is 0 Å². The highest BCUT2D eigenvalue weighted by molar-refractivity contribution is 5.80. The summed E-state index contributed by atoms with van der Waals surface area (Å²) in [6, 6.07) is 0. The van der Waals surface area contributed by atoms with Gasteiger partial charge in [0.15, 0.2) is 31.5 Å². The van der Waals surface area contributed by atoms with E-state index < -0.39 is 200 Å². The van der Waals surface area contributed by atoms with Crippen molar-refractivity contribution >= 4 is 17.7 Å². The molecule has 0 aromatic heterocycles. The summed E-state index contributed by atoms with van der Waals surface area (Å²) in [4.78, 5) is 39.0. The van der Waals surface area contributed by atoms with E-state index in [0.717, 1.165) is 5.57 Å². The highest BCUT2D eigenvalue weighted by atomic mass is 16.8. The predicted molar refractivity (Wildman–Crippen MR) is 289 cm³/mol. The number of Topliss-reactive ketones (excluding diaryl/α,β-unsaturated/α-hetero) is 1. The molecule has 26 heteroatoms. The Bertz CT molecular complexity index is 2350. The third-order valence-corrected chi connectivity index (χ3v) is 20.6. The molecule has 486 valence electrons. The molecule has 0 unspecified atom stereocenters. The van der Waals surface area contributed by atoms with Crippen LogP contribution in [0.3, 0.4) is 0 Å². The average Bonchev–Trinajstić information content (AvgIpc) is 1.67. The van der Waals surface area contributed by atoms with Gasteiger partial charge in [-0.15, -0.1) is 0 Å². The maximum Gasteiger partial charge on any atom is 0.303 e. The van der Waals surface area contributed by atoms with Crippen molar-refractivity contribution in [2.45, 2.75) is 285 Å². The Hall–Kier alpha value is -2.49. The van der Waals surface area contributed by atoms with Gasteiger partial charge < -0.3 is 112 Å². The third-order valence-electron chi connectivity index (χ3n) is 20.6. The number of ketones is 1. The topological polar surface area (TPSA) is 340 Å². The lowest BCUT2D eigenvalue weighted by molar-refractivity contribution is -0.374. The lowest BCUT2D eigenvalue weighted by atomic mass is 9.42. The van der Waals surface area contributed by atoms with Gasteiger partial charge in [-0.05, 0) is 78.6 Å². The van der Waals surface area contributed by atoms with Crippen molar-refractivity contribution in [1.29, 1.82) is 0 Å². The standard InChI is InChI=1S/C59H94O26/c1-25(61)34-16-19-59(69)57(34,9)53(79-31(7)63)51(78-30(6)62)52-56(8)17-15-33(20-32(56)14-18-58(52,59)68)80-39-21-35(70-10)46(26(2)74-39)82-40-22-36(71-11)47(27(3)75-40)83-41-23-37(72-12)48(28(4)76-41)84-55-45(67)50(73-13)49(29(5)77-55)85-54-44(66)43(65)42(64)38(24-60)81-54/h14,26-29,33-55,60,64-69H,15-24H2,1-13H3/t26-,27-,28-,29-,33+,34-,35+,36+,37-,38-,39+,40+,41+,42-,43+,44-,45-,46-,47-,48-,49-,50+,51+,52-,53-,54+,55+,56+,57+,58+,59-/m1/s1. The van der Waals surface area contributed by atoms with Crippen molar-refractivity contribution in [3.8, 4) is 0 Å². The molecule has 26 nitrogen and oxygen atoms in total. The van der Waals surface area contributed by atoms with Gasteiger partial charge in [0.2, 0.25) is 0 Å². The molecule has 5 heterocycles. The van der Waals surface area contributed by atoms with Gasteiger partial charge in [0.05, 0.1) is 55.4 Å². The van der Waals surface area contributed by atoms with Gasteiger partial charge >= 0.3 is 11.9 Å². The molecule has 9 rings (SSSR count). The Morgan fingerprint density at radius 3 is 1.59 bits per heavy atom. The number of hydrogen-bond acceptors (Lipinski definition) is 26. The second kappa shape index (κ2) is 26.4. The van der Waals surface area contributed by atoms with Gasteiger partial charge in [0, 0.05) is 78.8 Å². The van der Waals surface area contributed by atoms with E-state index in [4.69, 9.17) is 75.8 Å². The van der Waals surface area contributed by atoms with E-state index >= 15 is 0 Å². The zero-order valence-electron chi connectivity index (χ0n) is 51.1. The molecule has 0 spiro atoms. The fraction of sp³-hybridized carbons (Fsp3) is 0.915. The van der Waals surface area contributed by atoms with Crippen LogP contribution < -0.4 is 0 Å².